The zero-order chi connectivity index (χ0) is 28.3. The molecule has 2 fully saturated rings. The number of carbonyl (C=O) groups excluding carboxylic acids is 1. The molecule has 2 unspecified atom stereocenters. The quantitative estimate of drug-likeness (QED) is 0.406. The van der Waals surface area contributed by atoms with Crippen LogP contribution in [0.2, 0.25) is 0 Å². The minimum absolute atomic E-state index is 0.0759. The molecule has 2 aliphatic rings. The standard InChI is InChI=1S/C26H31F3N4O5S/c1-24(2,3)38-23(34)33-14-7-6-8-15(33)13-32(12-14)22-31-18-19(36-22)16(21-30-9-10-39-21)11-17(25(4,5)35)20(18)37-26(27,28)29/h9-11,14-15,35H,6-8,12-13H2,1-5H3. The Bertz CT molecular complexity index is 1350. The maximum atomic E-state index is 13.5. The van der Waals surface area contributed by atoms with E-state index < -0.39 is 23.3 Å². The van der Waals surface area contributed by atoms with Gasteiger partial charge in [0, 0.05) is 30.2 Å². The largest absolute Gasteiger partial charge is 0.573 e. The Balaban J connectivity index is 1.59. The zero-order valence-corrected chi connectivity index (χ0v) is 23.1. The lowest BCUT2D eigenvalue weighted by Gasteiger charge is -2.49. The maximum absolute atomic E-state index is 13.5. The van der Waals surface area contributed by atoms with Gasteiger partial charge < -0.3 is 23.9 Å². The molecule has 212 valence electrons. The van der Waals surface area contributed by atoms with E-state index in [0.29, 0.717) is 23.7 Å². The van der Waals surface area contributed by atoms with Crippen LogP contribution < -0.4 is 9.64 Å². The molecule has 2 bridgehead atoms. The predicted molar refractivity (Wildman–Crippen MR) is 139 cm³/mol. The van der Waals surface area contributed by atoms with Gasteiger partial charge in [0.1, 0.15) is 10.6 Å². The van der Waals surface area contributed by atoms with E-state index in [4.69, 9.17) is 9.15 Å². The number of benzene rings is 1. The summed E-state index contributed by atoms with van der Waals surface area (Å²) >= 11 is 1.28. The van der Waals surface area contributed by atoms with Crippen molar-refractivity contribution in [3.8, 4) is 16.3 Å². The highest BCUT2D eigenvalue weighted by Crippen LogP contribution is 2.45. The van der Waals surface area contributed by atoms with Crippen molar-refractivity contribution < 1.29 is 37.0 Å². The lowest BCUT2D eigenvalue weighted by molar-refractivity contribution is -0.274. The molecule has 2 atom stereocenters. The number of hydrogen-bond acceptors (Lipinski definition) is 9. The van der Waals surface area contributed by atoms with Gasteiger partial charge in [-0.05, 0) is 59.9 Å². The lowest BCUT2D eigenvalue weighted by Crippen LogP contribution is -2.63. The highest BCUT2D eigenvalue weighted by Gasteiger charge is 2.44. The normalized spacial score (nSPS) is 20.4. The van der Waals surface area contributed by atoms with E-state index in [1.807, 2.05) is 25.7 Å². The summed E-state index contributed by atoms with van der Waals surface area (Å²) in [6.07, 6.45) is -1.38. The molecule has 5 rings (SSSR count). The third kappa shape index (κ3) is 5.65. The number of halogens is 3. The first-order valence-electron chi connectivity index (χ1n) is 12.7. The van der Waals surface area contributed by atoms with Crippen LogP contribution in [0.15, 0.2) is 22.1 Å². The van der Waals surface area contributed by atoms with E-state index in [1.54, 1.807) is 16.5 Å². The Kier molecular flexibility index (Phi) is 6.73. The van der Waals surface area contributed by atoms with E-state index in [0.717, 1.165) is 19.3 Å². The van der Waals surface area contributed by atoms with Crippen LogP contribution in [0.25, 0.3) is 21.7 Å². The number of aliphatic hydroxyl groups is 1. The highest BCUT2D eigenvalue weighted by atomic mass is 32.1. The minimum Gasteiger partial charge on any atom is -0.444 e. The number of anilines is 1. The fourth-order valence-electron chi connectivity index (χ4n) is 5.25. The van der Waals surface area contributed by atoms with Crippen LogP contribution >= 0.6 is 11.3 Å². The second-order valence-electron chi connectivity index (χ2n) is 11.5. The molecule has 4 heterocycles. The molecule has 2 aromatic heterocycles. The summed E-state index contributed by atoms with van der Waals surface area (Å²) in [5, 5.41) is 13.0. The number of oxazole rings is 1. The first-order valence-corrected chi connectivity index (χ1v) is 13.6. The van der Waals surface area contributed by atoms with Crippen molar-refractivity contribution >= 4 is 34.5 Å². The van der Waals surface area contributed by atoms with Gasteiger partial charge in [-0.1, -0.05) is 0 Å². The molecule has 2 saturated heterocycles. The van der Waals surface area contributed by atoms with Crippen LogP contribution in [-0.4, -0.2) is 63.2 Å². The minimum atomic E-state index is -5.02. The lowest BCUT2D eigenvalue weighted by atomic mass is 9.92. The molecule has 1 amide bonds. The summed E-state index contributed by atoms with van der Waals surface area (Å²) in [5.74, 6) is -0.618. The Hall–Kier alpha value is -3.06. The molecule has 0 saturated carbocycles. The SMILES string of the molecule is CC(C)(C)OC(=O)N1C2CCCC1CN(c1nc3c(OC(F)(F)F)c(C(C)(C)O)cc(-c4nccs4)c3o1)C2. The number of ether oxygens (including phenoxy) is 2. The number of carbonyl (C=O) groups is 1. The van der Waals surface area contributed by atoms with Gasteiger partial charge in [0.15, 0.2) is 16.8 Å². The van der Waals surface area contributed by atoms with E-state index in [-0.39, 0.29) is 40.9 Å². The molecule has 39 heavy (non-hydrogen) atoms. The van der Waals surface area contributed by atoms with Crippen molar-refractivity contribution in [3.63, 3.8) is 0 Å². The smallest absolute Gasteiger partial charge is 0.444 e. The summed E-state index contributed by atoms with van der Waals surface area (Å²) < 4.78 is 56.8. The number of alkyl halides is 3. The highest BCUT2D eigenvalue weighted by molar-refractivity contribution is 7.13. The van der Waals surface area contributed by atoms with Gasteiger partial charge in [0.2, 0.25) is 0 Å². The summed E-state index contributed by atoms with van der Waals surface area (Å²) in [6, 6.07) is 1.19. The first-order chi connectivity index (χ1) is 18.1. The number of hydrogen-bond donors (Lipinski definition) is 1. The molecule has 0 aliphatic carbocycles. The Morgan fingerprint density at radius 1 is 1.15 bits per heavy atom. The Labute approximate surface area is 227 Å². The Morgan fingerprint density at radius 2 is 1.82 bits per heavy atom. The van der Waals surface area contributed by atoms with E-state index in [2.05, 4.69) is 14.7 Å². The van der Waals surface area contributed by atoms with E-state index in [9.17, 15) is 23.1 Å². The van der Waals surface area contributed by atoms with Crippen LogP contribution in [0.3, 0.4) is 0 Å². The molecule has 0 radical (unpaired) electrons. The number of aromatic nitrogens is 2. The van der Waals surface area contributed by atoms with Crippen molar-refractivity contribution in [1.29, 1.82) is 0 Å². The van der Waals surface area contributed by atoms with Crippen molar-refractivity contribution in [1.82, 2.24) is 14.9 Å². The number of piperidine rings is 1. The van der Waals surface area contributed by atoms with Crippen LogP contribution in [0.4, 0.5) is 24.0 Å². The number of rotatable bonds is 4. The van der Waals surface area contributed by atoms with Crippen LogP contribution in [-0.2, 0) is 10.3 Å². The van der Waals surface area contributed by atoms with Gasteiger partial charge >= 0.3 is 12.5 Å². The number of fused-ring (bicyclic) bond motifs is 3. The first kappa shape index (κ1) is 27.5. The van der Waals surface area contributed by atoms with Gasteiger partial charge in [-0.2, -0.15) is 4.98 Å². The van der Waals surface area contributed by atoms with E-state index >= 15 is 0 Å². The van der Waals surface area contributed by atoms with Gasteiger partial charge in [0.25, 0.3) is 6.01 Å². The monoisotopic (exact) mass is 568 g/mol. The molecule has 9 nitrogen and oxygen atoms in total. The van der Waals surface area contributed by atoms with Crippen LogP contribution in [0, 0.1) is 0 Å². The number of piperazine rings is 1. The van der Waals surface area contributed by atoms with Gasteiger partial charge in [0.05, 0.1) is 23.2 Å². The van der Waals surface area contributed by atoms with Crippen molar-refractivity contribution in [2.45, 2.75) is 83.5 Å². The molecule has 1 N–H and O–H groups in total. The fraction of sp³-hybridized carbons (Fsp3) is 0.577. The van der Waals surface area contributed by atoms with Gasteiger partial charge in [-0.3, -0.25) is 4.90 Å². The van der Waals surface area contributed by atoms with Gasteiger partial charge in [-0.25, -0.2) is 9.78 Å². The molecule has 1 aromatic carbocycles. The summed E-state index contributed by atoms with van der Waals surface area (Å²) in [6.45, 7) is 8.96. The molecular formula is C26H31F3N4O5S. The number of nitrogens with zero attached hydrogens (tertiary/aromatic N) is 4. The summed E-state index contributed by atoms with van der Waals surface area (Å²) in [4.78, 5) is 25.4. The van der Waals surface area contributed by atoms with Gasteiger partial charge in [-0.15, -0.1) is 24.5 Å². The van der Waals surface area contributed by atoms with E-state index in [1.165, 1.54) is 31.3 Å². The van der Waals surface area contributed by atoms with Crippen LogP contribution in [0.5, 0.6) is 5.75 Å². The number of thiazole rings is 1. The summed E-state index contributed by atoms with van der Waals surface area (Å²) in [5.41, 5.74) is -2.10. The van der Waals surface area contributed by atoms with Crippen molar-refractivity contribution in [2.75, 3.05) is 18.0 Å². The Morgan fingerprint density at radius 3 is 2.36 bits per heavy atom. The topological polar surface area (TPSA) is 101 Å². The third-order valence-electron chi connectivity index (χ3n) is 6.75. The van der Waals surface area contributed by atoms with Crippen LogP contribution in [0.1, 0.15) is 59.4 Å². The second kappa shape index (κ2) is 9.54. The average Bonchev–Trinajstić information content (AvgIpc) is 3.46. The average molecular weight is 569 g/mol. The number of amides is 1. The zero-order valence-electron chi connectivity index (χ0n) is 22.3. The van der Waals surface area contributed by atoms with Crippen molar-refractivity contribution in [3.05, 3.63) is 23.2 Å². The third-order valence-corrected chi connectivity index (χ3v) is 7.55. The fourth-order valence-corrected chi connectivity index (χ4v) is 5.90. The molecular weight excluding hydrogens is 537 g/mol. The molecule has 3 aromatic rings. The van der Waals surface area contributed by atoms with Crippen molar-refractivity contribution in [2.24, 2.45) is 0 Å². The summed E-state index contributed by atoms with van der Waals surface area (Å²) in [7, 11) is 0. The predicted octanol–water partition coefficient (Wildman–Crippen LogP) is 6.06. The molecule has 0 spiro atoms. The maximum Gasteiger partial charge on any atom is 0.573 e. The molecule has 13 heteroatoms. The molecule has 2 aliphatic heterocycles. The second-order valence-corrected chi connectivity index (χ2v) is 12.3.